The number of rotatable bonds is 4. The first-order chi connectivity index (χ1) is 5.79. The van der Waals surface area contributed by atoms with Crippen molar-refractivity contribution in [2.24, 2.45) is 0 Å². The maximum Gasteiger partial charge on any atom is 0.404 e. The fraction of sp³-hybridized carbons (Fsp3) is 0.857. The molecule has 0 fully saturated rings. The van der Waals surface area contributed by atoms with Crippen LogP contribution in [0.25, 0.3) is 0 Å². The Hall–Kier alpha value is -0.780. The van der Waals surface area contributed by atoms with Gasteiger partial charge in [-0.2, -0.15) is 13.2 Å². The Balaban J connectivity index is 4.46. The number of carbonyl (C=O) groups is 1. The van der Waals surface area contributed by atoms with Crippen LogP contribution < -0.4 is 0 Å². The number of carboxylic acid groups (broad SMARTS) is 1. The maximum absolute atomic E-state index is 12.2. The molecule has 0 saturated carbocycles. The highest BCUT2D eigenvalue weighted by atomic mass is 19.4. The van der Waals surface area contributed by atoms with E-state index in [1.807, 2.05) is 0 Å². The summed E-state index contributed by atoms with van der Waals surface area (Å²) in [5.74, 6) is -1.44. The Morgan fingerprint density at radius 2 is 2.00 bits per heavy atom. The van der Waals surface area contributed by atoms with Crippen LogP contribution in [0.3, 0.4) is 0 Å². The molecule has 6 heteroatoms. The van der Waals surface area contributed by atoms with Crippen LogP contribution in [0, 0.1) is 0 Å². The van der Waals surface area contributed by atoms with Crippen molar-refractivity contribution < 1.29 is 23.1 Å². The van der Waals surface area contributed by atoms with Crippen molar-refractivity contribution in [3.05, 3.63) is 0 Å². The number of hydrogen-bond donors (Lipinski definition) is 1. The molecule has 0 aliphatic rings. The van der Waals surface area contributed by atoms with Crippen molar-refractivity contribution >= 4 is 5.97 Å². The summed E-state index contributed by atoms with van der Waals surface area (Å²) in [5.41, 5.74) is 0. The summed E-state index contributed by atoms with van der Waals surface area (Å²) < 4.78 is 36.6. The second-order valence-corrected chi connectivity index (χ2v) is 2.73. The Morgan fingerprint density at radius 1 is 1.54 bits per heavy atom. The SMILES string of the molecule is CCN(C)C(CC(=O)O)C(F)(F)F. The highest BCUT2D eigenvalue weighted by Crippen LogP contribution is 2.26. The van der Waals surface area contributed by atoms with Crippen LogP contribution in [-0.2, 0) is 4.79 Å². The van der Waals surface area contributed by atoms with E-state index in [-0.39, 0.29) is 6.54 Å². The molecule has 0 aromatic rings. The average molecular weight is 199 g/mol. The largest absolute Gasteiger partial charge is 0.481 e. The Bertz CT molecular complexity index is 181. The number of halogens is 3. The molecular weight excluding hydrogens is 187 g/mol. The topological polar surface area (TPSA) is 40.5 Å². The van der Waals surface area contributed by atoms with E-state index in [4.69, 9.17) is 5.11 Å². The number of nitrogens with zero attached hydrogens (tertiary/aromatic N) is 1. The third-order valence-corrected chi connectivity index (χ3v) is 1.78. The van der Waals surface area contributed by atoms with Gasteiger partial charge in [-0.05, 0) is 13.6 Å². The maximum atomic E-state index is 12.2. The number of alkyl halides is 3. The molecule has 0 radical (unpaired) electrons. The van der Waals surface area contributed by atoms with Crippen LogP contribution in [0.1, 0.15) is 13.3 Å². The van der Waals surface area contributed by atoms with Crippen molar-refractivity contribution in [3.63, 3.8) is 0 Å². The van der Waals surface area contributed by atoms with Gasteiger partial charge in [-0.25, -0.2) is 0 Å². The molecule has 0 aromatic heterocycles. The van der Waals surface area contributed by atoms with Gasteiger partial charge in [0.25, 0.3) is 0 Å². The van der Waals surface area contributed by atoms with Crippen LogP contribution >= 0.6 is 0 Å². The molecule has 1 atom stereocenters. The van der Waals surface area contributed by atoms with E-state index >= 15 is 0 Å². The summed E-state index contributed by atoms with van der Waals surface area (Å²) in [5, 5.41) is 8.26. The normalized spacial score (nSPS) is 14.6. The zero-order valence-electron chi connectivity index (χ0n) is 7.43. The Morgan fingerprint density at radius 3 is 2.23 bits per heavy atom. The molecule has 0 amide bonds. The van der Waals surface area contributed by atoms with E-state index < -0.39 is 24.6 Å². The first-order valence-electron chi connectivity index (χ1n) is 3.77. The third kappa shape index (κ3) is 4.12. The molecular formula is C7H12F3NO2. The predicted molar refractivity (Wildman–Crippen MR) is 40.4 cm³/mol. The highest BCUT2D eigenvalue weighted by Gasteiger charge is 2.42. The molecule has 0 saturated heterocycles. The van der Waals surface area contributed by atoms with Gasteiger partial charge in [-0.3, -0.25) is 9.69 Å². The standard InChI is InChI=1S/C7H12F3NO2/c1-3-11(2)5(4-6(12)13)7(8,9)10/h5H,3-4H2,1-2H3,(H,12,13). The van der Waals surface area contributed by atoms with Gasteiger partial charge in [-0.1, -0.05) is 6.92 Å². The summed E-state index contributed by atoms with van der Waals surface area (Å²) >= 11 is 0. The van der Waals surface area contributed by atoms with Crippen LogP contribution in [0.4, 0.5) is 13.2 Å². The van der Waals surface area contributed by atoms with Crippen LogP contribution in [0.15, 0.2) is 0 Å². The van der Waals surface area contributed by atoms with Crippen LogP contribution in [-0.4, -0.2) is 41.8 Å². The quantitative estimate of drug-likeness (QED) is 0.742. The van der Waals surface area contributed by atoms with E-state index in [0.717, 1.165) is 4.90 Å². The molecule has 0 spiro atoms. The summed E-state index contributed by atoms with van der Waals surface area (Å²) in [6.07, 6.45) is -5.39. The number of carboxylic acids is 1. The fourth-order valence-electron chi connectivity index (χ4n) is 0.907. The van der Waals surface area contributed by atoms with Gasteiger partial charge in [0.2, 0.25) is 0 Å². The zero-order chi connectivity index (χ0) is 10.6. The average Bonchev–Trinajstić information content (AvgIpc) is 1.96. The van der Waals surface area contributed by atoms with Gasteiger partial charge in [0, 0.05) is 0 Å². The summed E-state index contributed by atoms with van der Waals surface area (Å²) in [4.78, 5) is 11.1. The van der Waals surface area contributed by atoms with E-state index in [1.54, 1.807) is 6.92 Å². The van der Waals surface area contributed by atoms with E-state index in [9.17, 15) is 18.0 Å². The molecule has 78 valence electrons. The lowest BCUT2D eigenvalue weighted by Crippen LogP contribution is -2.44. The molecule has 0 rings (SSSR count). The van der Waals surface area contributed by atoms with Gasteiger partial charge in [0.1, 0.15) is 6.04 Å². The second-order valence-electron chi connectivity index (χ2n) is 2.73. The Kier molecular flexibility index (Phi) is 4.19. The molecule has 0 aliphatic carbocycles. The lowest BCUT2D eigenvalue weighted by atomic mass is 10.2. The molecule has 0 bridgehead atoms. The van der Waals surface area contributed by atoms with Crippen molar-refractivity contribution in [1.82, 2.24) is 4.90 Å². The number of aliphatic carboxylic acids is 1. The summed E-state index contributed by atoms with van der Waals surface area (Å²) in [6.45, 7) is 1.71. The van der Waals surface area contributed by atoms with Crippen molar-refractivity contribution in [3.8, 4) is 0 Å². The van der Waals surface area contributed by atoms with Gasteiger partial charge >= 0.3 is 12.1 Å². The third-order valence-electron chi connectivity index (χ3n) is 1.78. The van der Waals surface area contributed by atoms with Crippen molar-refractivity contribution in [1.29, 1.82) is 0 Å². The lowest BCUT2D eigenvalue weighted by Gasteiger charge is -2.27. The minimum Gasteiger partial charge on any atom is -0.481 e. The highest BCUT2D eigenvalue weighted by molar-refractivity contribution is 5.67. The molecule has 0 aromatic carbocycles. The van der Waals surface area contributed by atoms with Crippen LogP contribution in [0.5, 0.6) is 0 Å². The first-order valence-corrected chi connectivity index (χ1v) is 3.77. The molecule has 0 heterocycles. The molecule has 13 heavy (non-hydrogen) atoms. The first kappa shape index (κ1) is 12.2. The van der Waals surface area contributed by atoms with Crippen LogP contribution in [0.2, 0.25) is 0 Å². The minimum absolute atomic E-state index is 0.164. The van der Waals surface area contributed by atoms with Crippen molar-refractivity contribution in [2.45, 2.75) is 25.6 Å². The smallest absolute Gasteiger partial charge is 0.404 e. The molecule has 1 N–H and O–H groups in total. The second kappa shape index (κ2) is 4.45. The lowest BCUT2D eigenvalue weighted by molar-refractivity contribution is -0.187. The minimum atomic E-state index is -4.48. The predicted octanol–water partition coefficient (Wildman–Crippen LogP) is 1.34. The van der Waals surface area contributed by atoms with Gasteiger partial charge in [0.05, 0.1) is 6.42 Å². The Labute approximate surface area is 74.1 Å². The van der Waals surface area contributed by atoms with E-state index in [0.29, 0.717) is 0 Å². The van der Waals surface area contributed by atoms with Gasteiger partial charge < -0.3 is 5.11 Å². The molecule has 1 unspecified atom stereocenters. The molecule has 3 nitrogen and oxygen atoms in total. The summed E-state index contributed by atoms with van der Waals surface area (Å²) in [6, 6.07) is -1.89. The molecule has 0 aliphatic heterocycles. The zero-order valence-corrected chi connectivity index (χ0v) is 7.43. The fourth-order valence-corrected chi connectivity index (χ4v) is 0.907. The van der Waals surface area contributed by atoms with Gasteiger partial charge in [-0.15, -0.1) is 0 Å². The van der Waals surface area contributed by atoms with Crippen molar-refractivity contribution in [2.75, 3.05) is 13.6 Å². The number of hydrogen-bond acceptors (Lipinski definition) is 2. The monoisotopic (exact) mass is 199 g/mol. The van der Waals surface area contributed by atoms with E-state index in [1.165, 1.54) is 7.05 Å². The van der Waals surface area contributed by atoms with E-state index in [2.05, 4.69) is 0 Å². The van der Waals surface area contributed by atoms with Gasteiger partial charge in [0.15, 0.2) is 0 Å². The summed E-state index contributed by atoms with van der Waals surface area (Å²) in [7, 11) is 1.25.